The number of methoxy groups -OCH3 is 1. The number of aryl methyl sites for hydroxylation is 1. The van der Waals surface area contributed by atoms with Gasteiger partial charge in [-0.15, -0.1) is 0 Å². The summed E-state index contributed by atoms with van der Waals surface area (Å²) < 4.78 is 5.07. The number of nitrogens with one attached hydrogen (secondary N) is 1. The molecule has 1 heterocycles. The maximum atomic E-state index is 11.9. The highest BCUT2D eigenvalue weighted by Gasteiger charge is 2.12. The number of hydrogen-bond donors (Lipinski definition) is 1. The summed E-state index contributed by atoms with van der Waals surface area (Å²) in [6.07, 6.45) is 3.12. The van der Waals surface area contributed by atoms with Crippen LogP contribution < -0.4 is 10.1 Å². The lowest BCUT2D eigenvalue weighted by molar-refractivity contribution is -0.111. The molecule has 0 atom stereocenters. The van der Waals surface area contributed by atoms with Crippen LogP contribution in [0.25, 0.3) is 6.08 Å². The maximum Gasteiger partial charge on any atom is 0.250 e. The Morgan fingerprint density at radius 2 is 1.95 bits per heavy atom. The summed E-state index contributed by atoms with van der Waals surface area (Å²) in [6.45, 7) is 3.23. The molecule has 5 nitrogen and oxygen atoms in total. The van der Waals surface area contributed by atoms with E-state index in [2.05, 4.69) is 10.3 Å². The minimum absolute atomic E-state index is 0.0516. The van der Waals surface area contributed by atoms with Crippen LogP contribution in [0.4, 0.5) is 5.13 Å². The molecule has 2 rings (SSSR count). The van der Waals surface area contributed by atoms with E-state index in [4.69, 9.17) is 4.74 Å². The zero-order chi connectivity index (χ0) is 16.1. The zero-order valence-electron chi connectivity index (χ0n) is 12.5. The van der Waals surface area contributed by atoms with Gasteiger partial charge in [0.05, 0.1) is 17.7 Å². The molecule has 22 heavy (non-hydrogen) atoms. The van der Waals surface area contributed by atoms with Crippen LogP contribution in [0.15, 0.2) is 30.3 Å². The molecule has 0 spiro atoms. The number of carbonyl (C=O) groups is 2. The number of rotatable bonds is 5. The Balaban J connectivity index is 2.01. The van der Waals surface area contributed by atoms with Gasteiger partial charge in [0.1, 0.15) is 5.75 Å². The first-order chi connectivity index (χ1) is 10.5. The third kappa shape index (κ3) is 4.02. The normalized spacial score (nSPS) is 10.7. The van der Waals surface area contributed by atoms with Crippen LogP contribution in [0.2, 0.25) is 0 Å². The van der Waals surface area contributed by atoms with Crippen LogP contribution in [0.3, 0.4) is 0 Å². The first-order valence-electron chi connectivity index (χ1n) is 6.61. The van der Waals surface area contributed by atoms with Crippen molar-refractivity contribution in [1.29, 1.82) is 0 Å². The zero-order valence-corrected chi connectivity index (χ0v) is 13.4. The molecule has 0 bridgehead atoms. The molecule has 1 N–H and O–H groups in total. The smallest absolute Gasteiger partial charge is 0.250 e. The second kappa shape index (κ2) is 7.00. The molecule has 0 aliphatic carbocycles. The number of hydrogen-bond acceptors (Lipinski definition) is 5. The molecule has 0 saturated heterocycles. The van der Waals surface area contributed by atoms with Gasteiger partial charge in [-0.05, 0) is 30.7 Å². The minimum Gasteiger partial charge on any atom is -0.497 e. The highest BCUT2D eigenvalue weighted by molar-refractivity contribution is 7.17. The van der Waals surface area contributed by atoms with Gasteiger partial charge in [-0.2, -0.15) is 0 Å². The molecule has 0 aliphatic heterocycles. The number of ether oxygens (including phenoxy) is 1. The van der Waals surface area contributed by atoms with Gasteiger partial charge in [-0.25, -0.2) is 4.98 Å². The van der Waals surface area contributed by atoms with E-state index in [1.165, 1.54) is 24.3 Å². The number of ketones is 1. The van der Waals surface area contributed by atoms with Crippen molar-refractivity contribution in [3.63, 3.8) is 0 Å². The largest absolute Gasteiger partial charge is 0.497 e. The molecule has 0 fully saturated rings. The molecule has 1 amide bonds. The Morgan fingerprint density at radius 1 is 1.27 bits per heavy atom. The molecule has 114 valence electrons. The number of nitrogens with zero attached hydrogens (tertiary/aromatic N) is 1. The summed E-state index contributed by atoms with van der Waals surface area (Å²) in [5, 5.41) is 3.08. The molecule has 1 aromatic carbocycles. The summed E-state index contributed by atoms with van der Waals surface area (Å²) in [7, 11) is 1.60. The van der Waals surface area contributed by atoms with Crippen molar-refractivity contribution in [2.24, 2.45) is 0 Å². The van der Waals surface area contributed by atoms with E-state index in [9.17, 15) is 9.59 Å². The second-order valence-corrected chi connectivity index (χ2v) is 5.58. The third-order valence-electron chi connectivity index (χ3n) is 2.89. The second-order valence-electron chi connectivity index (χ2n) is 4.59. The molecule has 0 saturated carbocycles. The van der Waals surface area contributed by atoms with Crippen LogP contribution in [0.5, 0.6) is 5.75 Å². The van der Waals surface area contributed by atoms with Crippen molar-refractivity contribution >= 4 is 34.2 Å². The van der Waals surface area contributed by atoms with E-state index < -0.39 is 0 Å². The molecule has 6 heteroatoms. The fourth-order valence-electron chi connectivity index (χ4n) is 1.81. The predicted octanol–water partition coefficient (Wildman–Crippen LogP) is 3.31. The van der Waals surface area contributed by atoms with Crippen LogP contribution in [-0.4, -0.2) is 23.8 Å². The Kier molecular flexibility index (Phi) is 5.06. The van der Waals surface area contributed by atoms with Crippen molar-refractivity contribution in [3.05, 3.63) is 46.5 Å². The van der Waals surface area contributed by atoms with Gasteiger partial charge < -0.3 is 4.74 Å². The Bertz CT molecular complexity index is 717. The standard InChI is InChI=1S/C16H16N2O3S/c1-10-15(11(2)19)22-16(17-10)18-14(20)9-6-12-4-7-13(21-3)8-5-12/h4-9H,1-3H3,(H,17,18,20). The fraction of sp³-hybridized carbons (Fsp3) is 0.188. The van der Waals surface area contributed by atoms with Gasteiger partial charge in [-0.3, -0.25) is 14.9 Å². The lowest BCUT2D eigenvalue weighted by Gasteiger charge is -1.99. The molecular weight excluding hydrogens is 300 g/mol. The number of amides is 1. The van der Waals surface area contributed by atoms with E-state index in [1.54, 1.807) is 20.1 Å². The van der Waals surface area contributed by atoms with E-state index >= 15 is 0 Å². The maximum absolute atomic E-state index is 11.9. The Hall–Kier alpha value is -2.47. The quantitative estimate of drug-likeness (QED) is 0.679. The average Bonchev–Trinajstić information content (AvgIpc) is 2.86. The van der Waals surface area contributed by atoms with Crippen molar-refractivity contribution in [1.82, 2.24) is 4.98 Å². The lowest BCUT2D eigenvalue weighted by Crippen LogP contribution is -2.07. The molecular formula is C16H16N2O3S. The SMILES string of the molecule is COc1ccc(C=CC(=O)Nc2nc(C)c(C(C)=O)s2)cc1. The highest BCUT2D eigenvalue weighted by atomic mass is 32.1. The van der Waals surface area contributed by atoms with Crippen molar-refractivity contribution in [2.75, 3.05) is 12.4 Å². The number of carbonyl (C=O) groups excluding carboxylic acids is 2. The van der Waals surface area contributed by atoms with Gasteiger partial charge in [0.15, 0.2) is 10.9 Å². The summed E-state index contributed by atoms with van der Waals surface area (Å²) in [5.74, 6) is 0.417. The molecule has 0 unspecified atom stereocenters. The molecule has 0 aliphatic rings. The van der Waals surface area contributed by atoms with Gasteiger partial charge in [0, 0.05) is 13.0 Å². The summed E-state index contributed by atoms with van der Waals surface area (Å²) in [5.41, 5.74) is 1.52. The van der Waals surface area contributed by atoms with E-state index in [0.717, 1.165) is 11.3 Å². The third-order valence-corrected chi connectivity index (χ3v) is 4.06. The Labute approximate surface area is 132 Å². The van der Waals surface area contributed by atoms with Crippen LogP contribution in [-0.2, 0) is 4.79 Å². The monoisotopic (exact) mass is 316 g/mol. The lowest BCUT2D eigenvalue weighted by atomic mass is 10.2. The van der Waals surface area contributed by atoms with Crippen molar-refractivity contribution < 1.29 is 14.3 Å². The first kappa shape index (κ1) is 15.9. The highest BCUT2D eigenvalue weighted by Crippen LogP contribution is 2.22. The van der Waals surface area contributed by atoms with Crippen LogP contribution in [0.1, 0.15) is 27.9 Å². The number of benzene rings is 1. The Morgan fingerprint density at radius 3 is 2.50 bits per heavy atom. The predicted molar refractivity (Wildman–Crippen MR) is 87.5 cm³/mol. The number of thiazole rings is 1. The molecule has 1 aromatic heterocycles. The minimum atomic E-state index is -0.292. The van der Waals surface area contributed by atoms with Crippen LogP contribution in [0, 0.1) is 6.92 Å². The molecule has 2 aromatic rings. The fourth-order valence-corrected chi connectivity index (χ4v) is 2.68. The summed E-state index contributed by atoms with van der Waals surface area (Å²) >= 11 is 1.18. The van der Waals surface area contributed by atoms with Gasteiger partial charge >= 0.3 is 0 Å². The van der Waals surface area contributed by atoms with Gasteiger partial charge in [0.2, 0.25) is 5.91 Å². The topological polar surface area (TPSA) is 68.3 Å². The average molecular weight is 316 g/mol. The van der Waals surface area contributed by atoms with E-state index in [-0.39, 0.29) is 11.7 Å². The number of Topliss-reactive ketones (excluding diaryl/α,β-unsaturated/α-hetero) is 1. The van der Waals surface area contributed by atoms with Crippen LogP contribution >= 0.6 is 11.3 Å². The van der Waals surface area contributed by atoms with E-state index in [0.29, 0.717) is 15.7 Å². The van der Waals surface area contributed by atoms with Crippen molar-refractivity contribution in [2.45, 2.75) is 13.8 Å². The van der Waals surface area contributed by atoms with Crippen molar-refractivity contribution in [3.8, 4) is 5.75 Å². The van der Waals surface area contributed by atoms with Gasteiger partial charge in [-0.1, -0.05) is 23.5 Å². The number of aromatic nitrogens is 1. The molecule has 0 radical (unpaired) electrons. The number of anilines is 1. The summed E-state index contributed by atoms with van der Waals surface area (Å²) in [4.78, 5) is 27.9. The first-order valence-corrected chi connectivity index (χ1v) is 7.42. The summed E-state index contributed by atoms with van der Waals surface area (Å²) in [6, 6.07) is 7.34. The van der Waals surface area contributed by atoms with Gasteiger partial charge in [0.25, 0.3) is 0 Å². The van der Waals surface area contributed by atoms with E-state index in [1.807, 2.05) is 24.3 Å².